The molecule has 2 heterocycles. The number of carbonyl (C=O) groups excluding carboxylic acids is 1. The lowest BCUT2D eigenvalue weighted by molar-refractivity contribution is -0.143. The molecule has 30 heavy (non-hydrogen) atoms. The van der Waals surface area contributed by atoms with Gasteiger partial charge in [0.2, 0.25) is 0 Å². The van der Waals surface area contributed by atoms with Crippen LogP contribution in [0.2, 0.25) is 0 Å². The predicted octanol–water partition coefficient (Wildman–Crippen LogP) is 6.84. The largest absolute Gasteiger partial charge is 0.416 e. The van der Waals surface area contributed by atoms with Gasteiger partial charge in [-0.15, -0.1) is 17.9 Å². The van der Waals surface area contributed by atoms with E-state index in [2.05, 4.69) is 6.58 Å². The molecule has 1 saturated heterocycles. The van der Waals surface area contributed by atoms with E-state index in [1.165, 1.54) is 28.5 Å². The minimum absolute atomic E-state index is 0.0850. The fourth-order valence-corrected chi connectivity index (χ4v) is 4.81. The molecule has 1 aliphatic rings. The number of hydrogen-bond acceptors (Lipinski definition) is 4. The quantitative estimate of drug-likeness (QED) is 0.207. The normalized spacial score (nSPS) is 16.6. The zero-order valence-electron chi connectivity index (χ0n) is 14.8. The number of nitrogens with zero attached hydrogens (tertiary/aromatic N) is 1. The molecule has 2 nitrogen and oxygen atoms in total. The highest BCUT2D eigenvalue weighted by Crippen LogP contribution is 2.40. The highest BCUT2D eigenvalue weighted by atomic mass is 32.2. The first-order valence-electron chi connectivity index (χ1n) is 8.15. The zero-order chi connectivity index (χ0) is 22.3. The monoisotopic (exact) mass is 479 g/mol. The van der Waals surface area contributed by atoms with Gasteiger partial charge in [-0.1, -0.05) is 30.1 Å². The lowest BCUT2D eigenvalue weighted by atomic mass is 10.0. The fourth-order valence-electron chi connectivity index (χ4n) is 2.62. The molecule has 1 amide bonds. The molecule has 1 aromatic heterocycles. The van der Waals surface area contributed by atoms with Gasteiger partial charge in [-0.25, -0.2) is 0 Å². The third-order valence-electron chi connectivity index (χ3n) is 4.00. The third-order valence-corrected chi connectivity index (χ3v) is 6.26. The molecule has 11 heteroatoms. The summed E-state index contributed by atoms with van der Waals surface area (Å²) < 4.78 is 78.8. The standard InChI is InChI=1S/C19H11F6NOS3/c1-2-3-26-16(27)15(30-17(26)28)8-14-6-11(9-29-14)10-4-12(18(20,21)22)7-13(5-10)19(23,24)25/h2,4-9H,1,3H2/b15-8-. The summed E-state index contributed by atoms with van der Waals surface area (Å²) >= 11 is 7.28. The highest BCUT2D eigenvalue weighted by molar-refractivity contribution is 8.26. The van der Waals surface area contributed by atoms with E-state index in [-0.39, 0.29) is 29.6 Å². The Morgan fingerprint density at radius 1 is 1.00 bits per heavy atom. The minimum atomic E-state index is -4.92. The Kier molecular flexibility index (Phi) is 6.17. The first-order chi connectivity index (χ1) is 13.9. The van der Waals surface area contributed by atoms with Crippen LogP contribution in [-0.2, 0) is 17.1 Å². The molecule has 158 valence electrons. The maximum absolute atomic E-state index is 13.1. The SMILES string of the molecule is C=CCN1C(=O)/C(=C/c2cc(-c3cc(C(F)(F)F)cc(C(F)(F)F)c3)cs2)SC1=S. The number of carbonyl (C=O) groups is 1. The minimum Gasteiger partial charge on any atom is -0.289 e. The molecule has 2 aromatic rings. The van der Waals surface area contributed by atoms with Gasteiger partial charge in [-0.05, 0) is 46.8 Å². The lowest BCUT2D eigenvalue weighted by Crippen LogP contribution is -2.27. The van der Waals surface area contributed by atoms with E-state index in [0.29, 0.717) is 26.2 Å². The van der Waals surface area contributed by atoms with Gasteiger partial charge in [0.25, 0.3) is 5.91 Å². The topological polar surface area (TPSA) is 20.3 Å². The summed E-state index contributed by atoms with van der Waals surface area (Å²) in [5.41, 5.74) is -2.80. The van der Waals surface area contributed by atoms with Crippen LogP contribution in [0.1, 0.15) is 16.0 Å². The fraction of sp³-hybridized carbons (Fsp3) is 0.158. The van der Waals surface area contributed by atoms with Crippen LogP contribution in [0.5, 0.6) is 0 Å². The van der Waals surface area contributed by atoms with Gasteiger partial charge < -0.3 is 0 Å². The number of thiocarbonyl (C=S) groups is 1. The van der Waals surface area contributed by atoms with Crippen LogP contribution in [0, 0.1) is 0 Å². The maximum Gasteiger partial charge on any atom is 0.416 e. The molecule has 0 saturated carbocycles. The molecule has 0 N–H and O–H groups in total. The van der Waals surface area contributed by atoms with E-state index in [1.807, 2.05) is 0 Å². The van der Waals surface area contributed by atoms with Gasteiger partial charge in [0.15, 0.2) is 0 Å². The molecule has 0 aliphatic carbocycles. The molecule has 3 rings (SSSR count). The Morgan fingerprint density at radius 3 is 2.13 bits per heavy atom. The summed E-state index contributed by atoms with van der Waals surface area (Å²) in [6.07, 6.45) is -6.82. The van der Waals surface area contributed by atoms with Crippen molar-refractivity contribution in [2.75, 3.05) is 6.54 Å². The first-order valence-corrected chi connectivity index (χ1v) is 10.2. The van der Waals surface area contributed by atoms with Crippen molar-refractivity contribution in [1.82, 2.24) is 4.90 Å². The zero-order valence-corrected chi connectivity index (χ0v) is 17.3. The van der Waals surface area contributed by atoms with Gasteiger partial charge in [0, 0.05) is 11.4 Å². The molecule has 1 aromatic carbocycles. The van der Waals surface area contributed by atoms with Crippen LogP contribution in [0.3, 0.4) is 0 Å². The van der Waals surface area contributed by atoms with Crippen LogP contribution >= 0.6 is 35.3 Å². The summed E-state index contributed by atoms with van der Waals surface area (Å²) in [4.78, 5) is 14.5. The molecule has 1 aliphatic heterocycles. The third kappa shape index (κ3) is 4.79. The van der Waals surface area contributed by atoms with Crippen molar-refractivity contribution < 1.29 is 31.1 Å². The number of hydrogen-bond donors (Lipinski definition) is 0. The number of benzene rings is 1. The number of thioether (sulfide) groups is 1. The average Bonchev–Trinajstić information content (AvgIpc) is 3.21. The lowest BCUT2D eigenvalue weighted by Gasteiger charge is -2.13. The molecule has 0 spiro atoms. The molecule has 1 fully saturated rings. The van der Waals surface area contributed by atoms with Crippen molar-refractivity contribution in [3.8, 4) is 11.1 Å². The van der Waals surface area contributed by atoms with Crippen LogP contribution in [0.4, 0.5) is 26.3 Å². The first kappa shape index (κ1) is 22.6. The Labute approximate surface area is 180 Å². The molecular formula is C19H11F6NOS3. The number of rotatable bonds is 4. The van der Waals surface area contributed by atoms with Gasteiger partial charge in [0.1, 0.15) is 4.32 Å². The summed E-state index contributed by atoms with van der Waals surface area (Å²) in [5.74, 6) is -0.335. The smallest absolute Gasteiger partial charge is 0.289 e. The van der Waals surface area contributed by atoms with E-state index in [9.17, 15) is 31.1 Å². The summed E-state index contributed by atoms with van der Waals surface area (Å²) in [7, 11) is 0. The van der Waals surface area contributed by atoms with E-state index < -0.39 is 23.5 Å². The van der Waals surface area contributed by atoms with Crippen LogP contribution in [0.15, 0.2) is 47.2 Å². The second kappa shape index (κ2) is 8.20. The van der Waals surface area contributed by atoms with Crippen molar-refractivity contribution in [3.05, 3.63) is 63.2 Å². The maximum atomic E-state index is 13.1. The van der Waals surface area contributed by atoms with Crippen molar-refractivity contribution in [3.63, 3.8) is 0 Å². The van der Waals surface area contributed by atoms with Crippen LogP contribution < -0.4 is 0 Å². The molecule has 0 bridgehead atoms. The number of amides is 1. The molecule has 0 unspecified atom stereocenters. The summed E-state index contributed by atoms with van der Waals surface area (Å²) in [6.45, 7) is 3.79. The van der Waals surface area contributed by atoms with Gasteiger partial charge in [-0.2, -0.15) is 26.3 Å². The Balaban J connectivity index is 1.98. The van der Waals surface area contributed by atoms with Crippen LogP contribution in [-0.4, -0.2) is 21.7 Å². The highest BCUT2D eigenvalue weighted by Gasteiger charge is 2.37. The average molecular weight is 479 g/mol. The summed E-state index contributed by atoms with van der Waals surface area (Å²) in [6, 6.07) is 2.86. The Bertz CT molecular complexity index is 1020. The Hall–Kier alpha value is -2.11. The van der Waals surface area contributed by atoms with E-state index in [0.717, 1.165) is 23.1 Å². The molecule has 0 radical (unpaired) electrons. The van der Waals surface area contributed by atoms with Gasteiger partial charge in [0.05, 0.1) is 16.0 Å². The second-order valence-corrected chi connectivity index (χ2v) is 8.73. The second-order valence-electron chi connectivity index (χ2n) is 6.11. The van der Waals surface area contributed by atoms with Crippen LogP contribution in [0.25, 0.3) is 17.2 Å². The van der Waals surface area contributed by atoms with Gasteiger partial charge in [-0.3, -0.25) is 9.69 Å². The summed E-state index contributed by atoms with van der Waals surface area (Å²) in [5, 5.41) is 1.44. The van der Waals surface area contributed by atoms with E-state index in [4.69, 9.17) is 12.2 Å². The Morgan fingerprint density at radius 2 is 1.60 bits per heavy atom. The predicted molar refractivity (Wildman–Crippen MR) is 110 cm³/mol. The van der Waals surface area contributed by atoms with Crippen molar-refractivity contribution >= 4 is 51.6 Å². The number of halogens is 6. The number of thiophene rings is 1. The van der Waals surface area contributed by atoms with Crippen molar-refractivity contribution in [2.45, 2.75) is 12.4 Å². The van der Waals surface area contributed by atoms with Crippen molar-refractivity contribution in [1.29, 1.82) is 0 Å². The van der Waals surface area contributed by atoms with E-state index in [1.54, 1.807) is 0 Å². The molecular weight excluding hydrogens is 468 g/mol. The molecule has 0 atom stereocenters. The number of alkyl halides is 6. The van der Waals surface area contributed by atoms with E-state index >= 15 is 0 Å². The van der Waals surface area contributed by atoms with Gasteiger partial charge >= 0.3 is 12.4 Å². The van der Waals surface area contributed by atoms with Crippen molar-refractivity contribution in [2.24, 2.45) is 0 Å².